The van der Waals surface area contributed by atoms with Crippen LogP contribution in [0.3, 0.4) is 0 Å². The van der Waals surface area contributed by atoms with Crippen molar-refractivity contribution in [1.29, 1.82) is 0 Å². The third-order valence-corrected chi connectivity index (χ3v) is 13.3. The van der Waals surface area contributed by atoms with Gasteiger partial charge in [-0.25, -0.2) is 0 Å². The van der Waals surface area contributed by atoms with E-state index in [9.17, 15) is 9.90 Å². The maximum Gasteiger partial charge on any atom is 0.168 e. The van der Waals surface area contributed by atoms with Crippen molar-refractivity contribution in [2.24, 2.45) is 11.8 Å². The minimum atomic E-state index is -1.62. The summed E-state index contributed by atoms with van der Waals surface area (Å²) >= 11 is 1.81. The predicted molar refractivity (Wildman–Crippen MR) is 183 cm³/mol. The number of hydrogen-bond acceptors (Lipinski definition) is 6. The maximum atomic E-state index is 11.7. The number of thiophene rings is 1. The monoisotopic (exact) mass is 805 g/mol. The number of aliphatic hydroxyl groups excluding tert-OH is 1. The molecule has 1 aliphatic rings. The van der Waals surface area contributed by atoms with Gasteiger partial charge in [0.25, 0.3) is 0 Å². The molecule has 44 heavy (non-hydrogen) atoms. The number of aryl methyl sites for hydroxylation is 1. The zero-order valence-corrected chi connectivity index (χ0v) is 31.1. The molecule has 8 heteroatoms. The van der Waals surface area contributed by atoms with Gasteiger partial charge >= 0.3 is 0 Å². The van der Waals surface area contributed by atoms with Gasteiger partial charge in [-0.15, -0.1) is 28.9 Å². The van der Waals surface area contributed by atoms with E-state index in [1.165, 1.54) is 16.0 Å². The fourth-order valence-corrected chi connectivity index (χ4v) is 9.26. The fourth-order valence-electron chi connectivity index (χ4n) is 5.90. The summed E-state index contributed by atoms with van der Waals surface area (Å²) in [5.74, 6) is 2.42. The average Bonchev–Trinajstić information content (AvgIpc) is 3.61. The molecule has 1 aliphatic heterocycles. The number of rotatable bonds is 8. The molecule has 1 radical (unpaired) electrons. The van der Waals surface area contributed by atoms with Crippen molar-refractivity contribution in [3.05, 3.63) is 60.1 Å². The molecule has 0 aliphatic carbocycles. The molecule has 1 N–H and O–H groups in total. The van der Waals surface area contributed by atoms with Crippen molar-refractivity contribution < 1.29 is 39.2 Å². The minimum Gasteiger partial charge on any atom is -0.512 e. The molecule has 0 spiro atoms. The number of furan rings is 1. The Kier molecular flexibility index (Phi) is 10.6. The summed E-state index contributed by atoms with van der Waals surface area (Å²) < 4.78 is 15.0. The SMILES string of the molecule is CCC(CC)C(=O)/C=C(\O)C(CC)CC.Cc1c2c([c-]c3ccccc13)-c1nc3ccoc3c3sc([Si](C)(C)C)c(c13)O2.[Ir]. The Morgan fingerprint density at radius 1 is 1.02 bits per heavy atom. The zero-order valence-electron chi connectivity index (χ0n) is 26.9. The van der Waals surface area contributed by atoms with Crippen LogP contribution in [0.15, 0.2) is 52.8 Å². The van der Waals surface area contributed by atoms with E-state index < -0.39 is 8.07 Å². The Morgan fingerprint density at radius 2 is 1.68 bits per heavy atom. The molecule has 2 aromatic carbocycles. The molecule has 235 valence electrons. The molecule has 6 rings (SSSR count). The smallest absolute Gasteiger partial charge is 0.168 e. The summed E-state index contributed by atoms with van der Waals surface area (Å²) in [6.45, 7) is 17.3. The van der Waals surface area contributed by atoms with Crippen molar-refractivity contribution in [3.8, 4) is 22.8 Å². The largest absolute Gasteiger partial charge is 0.512 e. The zero-order chi connectivity index (χ0) is 31.1. The van der Waals surface area contributed by atoms with Crippen molar-refractivity contribution in [3.63, 3.8) is 0 Å². The van der Waals surface area contributed by atoms with Gasteiger partial charge in [-0.3, -0.25) is 9.78 Å². The summed E-state index contributed by atoms with van der Waals surface area (Å²) in [5.41, 5.74) is 4.82. The number of ether oxygens (including phenoxy) is 1. The van der Waals surface area contributed by atoms with E-state index in [4.69, 9.17) is 14.1 Å². The van der Waals surface area contributed by atoms with Gasteiger partial charge in [0.05, 0.1) is 30.5 Å². The van der Waals surface area contributed by atoms with Crippen molar-refractivity contribution in [2.75, 3.05) is 0 Å². The summed E-state index contributed by atoms with van der Waals surface area (Å²) in [5, 5.41) is 13.1. The van der Waals surface area contributed by atoms with E-state index in [0.29, 0.717) is 0 Å². The number of aliphatic hydroxyl groups is 1. The molecule has 0 atom stereocenters. The molecule has 0 fully saturated rings. The summed E-state index contributed by atoms with van der Waals surface area (Å²) in [6, 6.07) is 13.9. The van der Waals surface area contributed by atoms with E-state index in [2.05, 4.69) is 56.9 Å². The van der Waals surface area contributed by atoms with Crippen LogP contribution in [0.1, 0.15) is 58.9 Å². The summed E-state index contributed by atoms with van der Waals surface area (Å²) in [4.78, 5) is 16.7. The van der Waals surface area contributed by atoms with Gasteiger partial charge < -0.3 is 14.3 Å². The number of allylic oxidation sites excluding steroid dienone is 2. The van der Waals surface area contributed by atoms with E-state index in [-0.39, 0.29) is 43.5 Å². The van der Waals surface area contributed by atoms with Crippen LogP contribution >= 0.6 is 11.3 Å². The van der Waals surface area contributed by atoms with Gasteiger partial charge in [-0.1, -0.05) is 82.0 Å². The third-order valence-electron chi connectivity index (χ3n) is 8.55. The molecule has 4 heterocycles. The summed E-state index contributed by atoms with van der Waals surface area (Å²) in [7, 11) is -1.62. The normalized spacial score (nSPS) is 12.7. The third kappa shape index (κ3) is 6.19. The number of fused-ring (bicyclic) bond motifs is 5. The fraction of sp³-hybridized carbons (Fsp3) is 0.389. The van der Waals surface area contributed by atoms with E-state index in [0.717, 1.165) is 80.6 Å². The van der Waals surface area contributed by atoms with Gasteiger partial charge in [0.15, 0.2) is 11.4 Å². The first-order valence-electron chi connectivity index (χ1n) is 15.4. The van der Waals surface area contributed by atoms with Crippen molar-refractivity contribution >= 4 is 61.7 Å². The molecule has 0 amide bonds. The van der Waals surface area contributed by atoms with Crippen LogP contribution in [0, 0.1) is 24.8 Å². The molecule has 0 saturated carbocycles. The van der Waals surface area contributed by atoms with Crippen LogP contribution in [0.4, 0.5) is 0 Å². The Morgan fingerprint density at radius 3 is 2.32 bits per heavy atom. The van der Waals surface area contributed by atoms with E-state index in [1.807, 2.05) is 45.1 Å². The van der Waals surface area contributed by atoms with Crippen molar-refractivity contribution in [2.45, 2.75) is 79.9 Å². The average molecular weight is 805 g/mol. The number of benzene rings is 2. The van der Waals surface area contributed by atoms with Crippen LogP contribution < -0.4 is 9.24 Å². The van der Waals surface area contributed by atoms with Gasteiger partial charge in [0.2, 0.25) is 0 Å². The van der Waals surface area contributed by atoms with Crippen molar-refractivity contribution in [1.82, 2.24) is 4.98 Å². The molecule has 5 aromatic rings. The molecule has 0 unspecified atom stereocenters. The Bertz CT molecular complexity index is 1840. The molecule has 0 saturated heterocycles. The van der Waals surface area contributed by atoms with Crippen LogP contribution in [0.25, 0.3) is 43.2 Å². The maximum absolute atomic E-state index is 11.7. The standard InChI is InChI=1S/C23H18NO2SSi.C13H24O2.Ir/c1-12-14-8-6-5-7-13(14)11-15-18-17-21(26-19(12)15)23(28(2,3)4)27-22(17)20-16(24-18)9-10-25-20;1-5-10(6-2)12(14)9-13(15)11(7-3)8-4;/h5-10H,1-4H3;9-11,14H,5-8H2,1-4H3;/q-1;;/b;12-9-;. The number of carbonyl (C=O) groups is 1. The number of aromatic nitrogens is 1. The Labute approximate surface area is 279 Å². The quantitative estimate of drug-likeness (QED) is 0.0718. The minimum absolute atomic E-state index is 0. The Balaban J connectivity index is 0.000000239. The molecular weight excluding hydrogens is 763 g/mol. The second-order valence-corrected chi connectivity index (χ2v) is 18.8. The second-order valence-electron chi connectivity index (χ2n) is 12.4. The number of carbonyl (C=O) groups excluding carboxylic acids is 1. The molecule has 0 bridgehead atoms. The first kappa shape index (κ1) is 34.1. The van der Waals surface area contributed by atoms with Gasteiger partial charge in [-0.05, 0) is 32.6 Å². The Hall–Kier alpha value is -2.77. The second kappa shape index (κ2) is 13.7. The number of pyridine rings is 1. The van der Waals surface area contributed by atoms with Gasteiger partial charge in [0, 0.05) is 59.7 Å². The topological polar surface area (TPSA) is 72.6 Å². The first-order valence-corrected chi connectivity index (χ1v) is 19.8. The molecular formula is C36H42IrNO4SSi-. The van der Waals surface area contributed by atoms with E-state index in [1.54, 1.807) is 6.26 Å². The number of ketones is 1. The van der Waals surface area contributed by atoms with Crippen LogP contribution in [-0.2, 0) is 24.9 Å². The van der Waals surface area contributed by atoms with Crippen LogP contribution in [-0.4, -0.2) is 23.9 Å². The summed E-state index contributed by atoms with van der Waals surface area (Å²) in [6.07, 6.45) is 6.63. The number of nitrogens with zero attached hydrogens (tertiary/aromatic N) is 1. The van der Waals surface area contributed by atoms with E-state index >= 15 is 0 Å². The number of hydrogen-bond donors (Lipinski definition) is 1. The molecule has 3 aromatic heterocycles. The van der Waals surface area contributed by atoms with Gasteiger partial charge in [0.1, 0.15) is 11.3 Å². The molecule has 5 nitrogen and oxygen atoms in total. The van der Waals surface area contributed by atoms with Gasteiger partial charge in [-0.2, -0.15) is 0 Å². The first-order chi connectivity index (χ1) is 20.5. The van der Waals surface area contributed by atoms with Crippen LogP contribution in [0.2, 0.25) is 19.6 Å². The predicted octanol–water partition coefficient (Wildman–Crippen LogP) is 10.5. The van der Waals surface area contributed by atoms with Crippen LogP contribution in [0.5, 0.6) is 11.5 Å².